The fourth-order valence-electron chi connectivity index (χ4n) is 1.15. The molecule has 0 spiro atoms. The Morgan fingerprint density at radius 2 is 2.12 bits per heavy atom. The number of nitrogens with zero attached hydrogens (tertiary/aromatic N) is 2. The van der Waals surface area contributed by atoms with Crippen molar-refractivity contribution >= 4 is 28.5 Å². The smallest absolute Gasteiger partial charge is 0.326 e. The fourth-order valence-corrected chi connectivity index (χ4v) is 1.56. The Kier molecular flexibility index (Phi) is 4.00. The largest absolute Gasteiger partial charge is 0.480 e. The van der Waals surface area contributed by atoms with Crippen LogP contribution in [0.2, 0.25) is 0 Å². The van der Waals surface area contributed by atoms with E-state index in [9.17, 15) is 9.59 Å². The molecule has 2 amide bonds. The van der Waals surface area contributed by atoms with E-state index in [1.54, 1.807) is 20.8 Å². The molecule has 0 radical (unpaired) electrons. The predicted molar refractivity (Wildman–Crippen MR) is 62.9 cm³/mol. The number of aromatic nitrogens is 2. The number of aliphatic carboxylic acids is 1. The Morgan fingerprint density at radius 1 is 1.47 bits per heavy atom. The van der Waals surface area contributed by atoms with Crippen molar-refractivity contribution in [2.24, 2.45) is 5.41 Å². The molecule has 17 heavy (non-hydrogen) atoms. The van der Waals surface area contributed by atoms with Crippen LogP contribution >= 0.6 is 11.5 Å². The molecule has 0 aliphatic carbocycles. The molecule has 1 atom stereocenters. The molecule has 0 fully saturated rings. The van der Waals surface area contributed by atoms with Crippen LogP contribution in [0.25, 0.3) is 0 Å². The zero-order chi connectivity index (χ0) is 13.1. The first-order valence-corrected chi connectivity index (χ1v) is 5.65. The van der Waals surface area contributed by atoms with Gasteiger partial charge in [0.1, 0.15) is 11.0 Å². The monoisotopic (exact) mass is 258 g/mol. The highest BCUT2D eigenvalue weighted by Gasteiger charge is 2.32. The molecule has 1 aromatic rings. The van der Waals surface area contributed by atoms with Gasteiger partial charge in [0, 0.05) is 11.5 Å². The van der Waals surface area contributed by atoms with Gasteiger partial charge in [0.25, 0.3) is 0 Å². The van der Waals surface area contributed by atoms with E-state index in [1.807, 2.05) is 0 Å². The third-order valence-electron chi connectivity index (χ3n) is 1.99. The number of amides is 2. The van der Waals surface area contributed by atoms with Crippen LogP contribution in [0, 0.1) is 5.41 Å². The summed E-state index contributed by atoms with van der Waals surface area (Å²) < 4.78 is 3.57. The highest BCUT2D eigenvalue weighted by Crippen LogP contribution is 2.19. The van der Waals surface area contributed by atoms with Crippen molar-refractivity contribution in [3.8, 4) is 0 Å². The van der Waals surface area contributed by atoms with Crippen LogP contribution in [-0.4, -0.2) is 32.7 Å². The van der Waals surface area contributed by atoms with Gasteiger partial charge in [-0.05, 0) is 5.41 Å². The van der Waals surface area contributed by atoms with E-state index >= 15 is 0 Å². The average molecular weight is 258 g/mol. The van der Waals surface area contributed by atoms with Crippen LogP contribution in [-0.2, 0) is 4.79 Å². The van der Waals surface area contributed by atoms with Crippen LogP contribution in [0.15, 0.2) is 6.20 Å². The van der Waals surface area contributed by atoms with Gasteiger partial charge in [-0.2, -0.15) is 0 Å². The first-order chi connectivity index (χ1) is 7.80. The topological polar surface area (TPSA) is 104 Å². The maximum absolute atomic E-state index is 11.5. The molecule has 0 saturated carbocycles. The molecular weight excluding hydrogens is 244 g/mol. The van der Waals surface area contributed by atoms with E-state index in [0.717, 1.165) is 11.5 Å². The molecule has 0 aliphatic rings. The lowest BCUT2D eigenvalue weighted by molar-refractivity contribution is -0.141. The Labute approximate surface area is 102 Å². The van der Waals surface area contributed by atoms with E-state index in [2.05, 4.69) is 20.2 Å². The van der Waals surface area contributed by atoms with Gasteiger partial charge in [0.05, 0.1) is 6.20 Å². The zero-order valence-corrected chi connectivity index (χ0v) is 10.5. The van der Waals surface area contributed by atoms with Gasteiger partial charge in [0.2, 0.25) is 0 Å². The first kappa shape index (κ1) is 13.4. The average Bonchev–Trinajstić information content (AvgIpc) is 2.64. The van der Waals surface area contributed by atoms with Crippen molar-refractivity contribution in [3.05, 3.63) is 6.20 Å². The molecule has 0 aromatic carbocycles. The van der Waals surface area contributed by atoms with E-state index in [1.165, 1.54) is 6.20 Å². The second-order valence-electron chi connectivity index (χ2n) is 4.52. The lowest BCUT2D eigenvalue weighted by Gasteiger charge is -2.27. The number of nitrogens with one attached hydrogen (secondary N) is 2. The molecular formula is C9H14N4O3S. The molecule has 0 unspecified atom stereocenters. The first-order valence-electron chi connectivity index (χ1n) is 4.88. The Balaban J connectivity index is 2.62. The Hall–Kier alpha value is -1.70. The van der Waals surface area contributed by atoms with Gasteiger partial charge in [-0.3, -0.25) is 5.32 Å². The van der Waals surface area contributed by atoms with Crippen molar-refractivity contribution in [1.82, 2.24) is 14.9 Å². The Morgan fingerprint density at radius 3 is 2.53 bits per heavy atom. The predicted octanol–water partition coefficient (Wildman–Crippen LogP) is 1.16. The molecule has 94 valence electrons. The van der Waals surface area contributed by atoms with E-state index in [-0.39, 0.29) is 0 Å². The van der Waals surface area contributed by atoms with Gasteiger partial charge in [0.15, 0.2) is 0 Å². The molecule has 1 heterocycles. The highest BCUT2D eigenvalue weighted by molar-refractivity contribution is 7.10. The number of carboxylic acid groups (broad SMARTS) is 1. The SMILES string of the molecule is CC(C)(C)[C@@H](NC(=O)Nc1cnns1)C(=O)O. The maximum Gasteiger partial charge on any atom is 0.326 e. The van der Waals surface area contributed by atoms with E-state index < -0.39 is 23.5 Å². The normalized spacial score (nSPS) is 12.9. The summed E-state index contributed by atoms with van der Waals surface area (Å²) in [5.41, 5.74) is -0.574. The Bertz CT molecular complexity index is 399. The van der Waals surface area contributed by atoms with Gasteiger partial charge < -0.3 is 10.4 Å². The van der Waals surface area contributed by atoms with Crippen molar-refractivity contribution in [2.45, 2.75) is 26.8 Å². The summed E-state index contributed by atoms with van der Waals surface area (Å²) in [5.74, 6) is -1.07. The van der Waals surface area contributed by atoms with E-state index in [0.29, 0.717) is 5.00 Å². The van der Waals surface area contributed by atoms with Crippen LogP contribution in [0.1, 0.15) is 20.8 Å². The van der Waals surface area contributed by atoms with Gasteiger partial charge in [-0.1, -0.05) is 25.3 Å². The fraction of sp³-hybridized carbons (Fsp3) is 0.556. The quantitative estimate of drug-likeness (QED) is 0.754. The highest BCUT2D eigenvalue weighted by atomic mass is 32.1. The summed E-state index contributed by atoms with van der Waals surface area (Å²) in [4.78, 5) is 22.6. The number of hydrogen-bond acceptors (Lipinski definition) is 5. The number of rotatable bonds is 3. The van der Waals surface area contributed by atoms with Gasteiger partial charge in [-0.25, -0.2) is 9.59 Å². The molecule has 0 aliphatic heterocycles. The lowest BCUT2D eigenvalue weighted by Crippen LogP contribution is -2.50. The third kappa shape index (κ3) is 3.99. The molecule has 0 bridgehead atoms. The van der Waals surface area contributed by atoms with Crippen molar-refractivity contribution in [2.75, 3.05) is 5.32 Å². The number of urea groups is 1. The lowest BCUT2D eigenvalue weighted by atomic mass is 9.87. The zero-order valence-electron chi connectivity index (χ0n) is 9.72. The van der Waals surface area contributed by atoms with Crippen molar-refractivity contribution in [1.29, 1.82) is 0 Å². The number of carbonyl (C=O) groups excluding carboxylic acids is 1. The van der Waals surface area contributed by atoms with Crippen LogP contribution in [0.3, 0.4) is 0 Å². The van der Waals surface area contributed by atoms with Crippen LogP contribution in [0.4, 0.5) is 9.80 Å². The summed E-state index contributed by atoms with van der Waals surface area (Å²) in [7, 11) is 0. The van der Waals surface area contributed by atoms with Crippen molar-refractivity contribution < 1.29 is 14.7 Å². The summed E-state index contributed by atoms with van der Waals surface area (Å²) in [6.07, 6.45) is 1.39. The summed E-state index contributed by atoms with van der Waals surface area (Å²) in [6.45, 7) is 5.21. The number of hydrogen-bond donors (Lipinski definition) is 3. The number of carbonyl (C=O) groups is 2. The van der Waals surface area contributed by atoms with Crippen LogP contribution in [0.5, 0.6) is 0 Å². The molecule has 7 nitrogen and oxygen atoms in total. The number of anilines is 1. The third-order valence-corrected chi connectivity index (χ3v) is 2.57. The second kappa shape index (κ2) is 5.09. The summed E-state index contributed by atoms with van der Waals surface area (Å²) >= 11 is 1.01. The molecule has 1 aromatic heterocycles. The van der Waals surface area contributed by atoms with Crippen molar-refractivity contribution in [3.63, 3.8) is 0 Å². The van der Waals surface area contributed by atoms with Gasteiger partial charge in [-0.15, -0.1) is 5.10 Å². The number of carboxylic acids is 1. The maximum atomic E-state index is 11.5. The van der Waals surface area contributed by atoms with Gasteiger partial charge >= 0.3 is 12.0 Å². The minimum Gasteiger partial charge on any atom is -0.480 e. The summed E-state index contributed by atoms with van der Waals surface area (Å²) in [5, 5.41) is 17.9. The molecule has 1 rings (SSSR count). The van der Waals surface area contributed by atoms with E-state index in [4.69, 9.17) is 5.11 Å². The molecule has 0 saturated heterocycles. The minimum absolute atomic E-state index is 0.459. The summed E-state index contributed by atoms with van der Waals surface area (Å²) in [6, 6.07) is -1.55. The standard InChI is InChI=1S/C9H14N4O3S/c1-9(2,3)6(7(14)15)12-8(16)11-5-4-10-13-17-5/h4,6H,1-3H3,(H,14,15)(H2,11,12,16)/t6-/m0/s1. The van der Waals surface area contributed by atoms with Crippen LogP contribution < -0.4 is 10.6 Å². The minimum atomic E-state index is -1.07. The molecule has 3 N–H and O–H groups in total. The molecule has 8 heteroatoms. The second-order valence-corrected chi connectivity index (χ2v) is 5.30.